The molecule has 8 nitrogen and oxygen atoms in total. The molecule has 0 heterocycles. The number of allylic oxidation sites excluding steroid dienone is 4. The van der Waals surface area contributed by atoms with Crippen molar-refractivity contribution in [3.8, 4) is 0 Å². The van der Waals surface area contributed by atoms with Crippen LogP contribution in [-0.2, 0) is 28.6 Å². The Morgan fingerprint density at radius 3 is 1.43 bits per heavy atom. The molecule has 0 saturated carbocycles. The summed E-state index contributed by atoms with van der Waals surface area (Å²) in [6.45, 7) is 4.66. The molecule has 0 amide bonds. The van der Waals surface area contributed by atoms with Crippen molar-refractivity contribution in [2.24, 2.45) is 0 Å². The molecule has 54 heavy (non-hydrogen) atoms. The number of esters is 2. The van der Waals surface area contributed by atoms with Crippen molar-refractivity contribution in [3.05, 3.63) is 24.3 Å². The largest absolute Gasteiger partial charge is 0.477 e. The summed E-state index contributed by atoms with van der Waals surface area (Å²) < 4.78 is 17.2. The van der Waals surface area contributed by atoms with Crippen LogP contribution >= 0.6 is 0 Å². The zero-order valence-electron chi connectivity index (χ0n) is 35.9. The Bertz CT molecular complexity index is 942. The van der Waals surface area contributed by atoms with Crippen LogP contribution in [0, 0.1) is 0 Å². The Balaban J connectivity index is 4.20. The van der Waals surface area contributed by atoms with Crippen LogP contribution in [0.15, 0.2) is 24.3 Å². The summed E-state index contributed by atoms with van der Waals surface area (Å²) in [6.07, 6.45) is 41.1. The number of aliphatic carboxylic acids is 1. The van der Waals surface area contributed by atoms with Gasteiger partial charge in [-0.1, -0.05) is 154 Å². The molecule has 0 fully saturated rings. The van der Waals surface area contributed by atoms with Crippen molar-refractivity contribution in [3.63, 3.8) is 0 Å². The third kappa shape index (κ3) is 35.5. The van der Waals surface area contributed by atoms with Gasteiger partial charge in [0.1, 0.15) is 6.61 Å². The molecule has 0 aliphatic rings. The van der Waals surface area contributed by atoms with Crippen molar-refractivity contribution >= 4 is 17.9 Å². The van der Waals surface area contributed by atoms with Crippen molar-refractivity contribution < 1.29 is 38.2 Å². The lowest BCUT2D eigenvalue weighted by Gasteiger charge is -2.31. The van der Waals surface area contributed by atoms with E-state index in [1.165, 1.54) is 135 Å². The van der Waals surface area contributed by atoms with E-state index >= 15 is 0 Å². The van der Waals surface area contributed by atoms with Gasteiger partial charge < -0.3 is 23.8 Å². The third-order valence-electron chi connectivity index (χ3n) is 10.1. The highest BCUT2D eigenvalue weighted by molar-refractivity contribution is 5.72. The predicted octanol–water partition coefficient (Wildman–Crippen LogP) is 12.1. The Labute approximate surface area is 332 Å². The highest BCUT2D eigenvalue weighted by Crippen LogP contribution is 2.14. The van der Waals surface area contributed by atoms with E-state index in [4.69, 9.17) is 14.2 Å². The number of likely N-dealkylation sites (N-methyl/N-ethyl adjacent to an activating group) is 1. The molecule has 0 radical (unpaired) electrons. The van der Waals surface area contributed by atoms with E-state index in [0.717, 1.165) is 25.7 Å². The molecule has 0 spiro atoms. The van der Waals surface area contributed by atoms with Crippen LogP contribution in [-0.4, -0.2) is 80.6 Å². The van der Waals surface area contributed by atoms with E-state index in [2.05, 4.69) is 32.1 Å². The first-order chi connectivity index (χ1) is 26.1. The summed E-state index contributed by atoms with van der Waals surface area (Å²) in [4.78, 5) is 36.8. The molecule has 0 aliphatic carbocycles. The van der Waals surface area contributed by atoms with Crippen LogP contribution < -0.4 is 0 Å². The number of carbonyl (C=O) groups excluding carboxylic acids is 2. The second kappa shape index (κ2) is 37.7. The molecule has 2 atom stereocenters. The van der Waals surface area contributed by atoms with Crippen molar-refractivity contribution in [1.82, 2.24) is 0 Å². The number of hydrogen-bond donors (Lipinski definition) is 1. The van der Waals surface area contributed by atoms with Gasteiger partial charge in [-0.15, -0.1) is 0 Å². The topological polar surface area (TPSA) is 99.1 Å². The number of hydrogen-bond acceptors (Lipinski definition) is 6. The fourth-order valence-electron chi connectivity index (χ4n) is 6.57. The van der Waals surface area contributed by atoms with Gasteiger partial charge in [-0.25, -0.2) is 4.79 Å². The van der Waals surface area contributed by atoms with Crippen molar-refractivity contribution in [2.75, 3.05) is 41.0 Å². The first-order valence-electron chi connectivity index (χ1n) is 22.4. The molecule has 0 rings (SSSR count). The van der Waals surface area contributed by atoms with E-state index in [9.17, 15) is 19.5 Å². The molecule has 316 valence electrons. The molecule has 8 heteroatoms. The maximum atomic E-state index is 12.7. The second-order valence-corrected chi connectivity index (χ2v) is 16.3. The monoisotopic (exact) mass is 765 g/mol. The first-order valence-corrected chi connectivity index (χ1v) is 22.4. The zero-order chi connectivity index (χ0) is 40.0. The summed E-state index contributed by atoms with van der Waals surface area (Å²) in [7, 11) is 5.51. The molecule has 0 aromatic rings. The Kier molecular flexibility index (Phi) is 36.2. The fourth-order valence-corrected chi connectivity index (χ4v) is 6.57. The number of nitrogens with zero attached hydrogens (tertiary/aromatic N) is 1. The van der Waals surface area contributed by atoms with Gasteiger partial charge in [0.05, 0.1) is 34.4 Å². The molecule has 0 aromatic heterocycles. The molecular weight excluding hydrogens is 679 g/mol. The quantitative estimate of drug-likeness (QED) is 0.0287. The second-order valence-electron chi connectivity index (χ2n) is 16.3. The Morgan fingerprint density at radius 1 is 0.537 bits per heavy atom. The van der Waals surface area contributed by atoms with Crippen LogP contribution in [0.2, 0.25) is 0 Å². The highest BCUT2D eigenvalue weighted by Gasteiger charge is 2.31. The van der Waals surface area contributed by atoms with Gasteiger partial charge in [0.2, 0.25) is 0 Å². The first kappa shape index (κ1) is 51.8. The van der Waals surface area contributed by atoms with E-state index in [0.29, 0.717) is 19.3 Å². The van der Waals surface area contributed by atoms with Crippen LogP contribution in [0.25, 0.3) is 0 Å². The smallest absolute Gasteiger partial charge is 0.362 e. The SMILES string of the molecule is CCCCCC/C=C/CCC(=O)OCC(COCCC(C(=O)O)[N+](C)(C)C)OC(=O)CCCCCCCCC/C=C/CCCCCCCCCCCCC. The minimum absolute atomic E-state index is 0.0503. The average Bonchev–Trinajstić information content (AvgIpc) is 3.12. The molecule has 0 aromatic carbocycles. The molecule has 0 bridgehead atoms. The van der Waals surface area contributed by atoms with E-state index < -0.39 is 18.1 Å². The van der Waals surface area contributed by atoms with Crippen molar-refractivity contribution in [1.29, 1.82) is 0 Å². The molecule has 0 aliphatic heterocycles. The maximum absolute atomic E-state index is 12.7. The summed E-state index contributed by atoms with van der Waals surface area (Å²) >= 11 is 0. The summed E-state index contributed by atoms with van der Waals surface area (Å²) in [5.41, 5.74) is 0. The zero-order valence-corrected chi connectivity index (χ0v) is 35.9. The lowest BCUT2D eigenvalue weighted by Crippen LogP contribution is -2.50. The van der Waals surface area contributed by atoms with Gasteiger partial charge in [0.25, 0.3) is 0 Å². The number of ether oxygens (including phenoxy) is 3. The van der Waals surface area contributed by atoms with Gasteiger partial charge in [-0.3, -0.25) is 9.59 Å². The van der Waals surface area contributed by atoms with Crippen LogP contribution in [0.4, 0.5) is 0 Å². The fraction of sp³-hybridized carbons (Fsp3) is 0.848. The predicted molar refractivity (Wildman–Crippen MR) is 225 cm³/mol. The van der Waals surface area contributed by atoms with Gasteiger partial charge >= 0.3 is 17.9 Å². The third-order valence-corrected chi connectivity index (χ3v) is 10.1. The van der Waals surface area contributed by atoms with E-state index in [1.54, 1.807) is 0 Å². The summed E-state index contributed by atoms with van der Waals surface area (Å²) in [5.74, 6) is -1.53. The standard InChI is InChI=1S/C46H85NO7/c1-6-8-10-12-14-16-17-18-19-20-21-22-23-24-25-26-27-28-29-31-33-35-37-45(49)54-42(40-52-39-38-43(46(50)51)47(3,4)5)41-53-44(48)36-34-32-30-15-13-11-9-7-2/h23-24,30,32,42-43H,6-22,25-29,31,33-41H2,1-5H3/p+1/b24-23+,32-30+. The minimum atomic E-state index is -0.879. The number of carboxylic acids is 1. The Morgan fingerprint density at radius 2 is 0.963 bits per heavy atom. The molecule has 2 unspecified atom stereocenters. The van der Waals surface area contributed by atoms with Gasteiger partial charge in [-0.2, -0.15) is 0 Å². The van der Waals surface area contributed by atoms with Crippen LogP contribution in [0.1, 0.15) is 200 Å². The number of unbranched alkanes of at least 4 members (excludes halogenated alkanes) is 22. The average molecular weight is 765 g/mol. The van der Waals surface area contributed by atoms with E-state index in [1.807, 2.05) is 27.2 Å². The van der Waals surface area contributed by atoms with Gasteiger partial charge in [0.15, 0.2) is 12.1 Å². The molecule has 1 N–H and O–H groups in total. The maximum Gasteiger partial charge on any atom is 0.362 e. The number of quaternary nitrogens is 1. The van der Waals surface area contributed by atoms with Crippen LogP contribution in [0.3, 0.4) is 0 Å². The highest BCUT2D eigenvalue weighted by atomic mass is 16.6. The number of carbonyl (C=O) groups is 3. The minimum Gasteiger partial charge on any atom is -0.477 e. The van der Waals surface area contributed by atoms with Crippen LogP contribution in [0.5, 0.6) is 0 Å². The lowest BCUT2D eigenvalue weighted by molar-refractivity contribution is -0.887. The van der Waals surface area contributed by atoms with Crippen molar-refractivity contribution in [2.45, 2.75) is 212 Å². The Hall–Kier alpha value is -2.19. The van der Waals surface area contributed by atoms with E-state index in [-0.39, 0.29) is 42.7 Å². The summed E-state index contributed by atoms with van der Waals surface area (Å²) in [6, 6.07) is -0.616. The molecule has 0 saturated heterocycles. The molecular formula is C46H86NO7+. The van der Waals surface area contributed by atoms with Gasteiger partial charge in [0, 0.05) is 19.3 Å². The number of rotatable bonds is 40. The summed E-state index contributed by atoms with van der Waals surface area (Å²) in [5, 5.41) is 9.59. The normalized spacial score (nSPS) is 13.1. The lowest BCUT2D eigenvalue weighted by atomic mass is 10.0. The number of carboxylic acid groups (broad SMARTS) is 1. The van der Waals surface area contributed by atoms with Gasteiger partial charge in [-0.05, 0) is 51.4 Å².